The van der Waals surface area contributed by atoms with Gasteiger partial charge < -0.3 is 26.3 Å². The van der Waals surface area contributed by atoms with Crippen LogP contribution in [0.2, 0.25) is 0 Å². The summed E-state index contributed by atoms with van der Waals surface area (Å²) in [6, 6.07) is 0. The third-order valence-corrected chi connectivity index (χ3v) is 2.76. The second kappa shape index (κ2) is 11.5. The van der Waals surface area contributed by atoms with Crippen LogP contribution >= 0.6 is 7.60 Å². The first kappa shape index (κ1) is 18.4. The fourth-order valence-corrected chi connectivity index (χ4v) is 1.78. The highest BCUT2D eigenvalue weighted by Gasteiger charge is 2.10. The number of rotatable bonds is 10. The zero-order chi connectivity index (χ0) is 11.6. The van der Waals surface area contributed by atoms with Crippen molar-refractivity contribution in [2.24, 2.45) is 5.73 Å². The molecule has 0 saturated carbocycles. The Hall–Kier alpha value is 0.0300. The van der Waals surface area contributed by atoms with E-state index in [1.54, 1.807) is 0 Å². The molecule has 0 aromatic heterocycles. The van der Waals surface area contributed by atoms with E-state index in [1.165, 1.54) is 19.3 Å². The van der Waals surface area contributed by atoms with Crippen molar-refractivity contribution in [1.29, 1.82) is 0 Å². The molecule has 0 aliphatic heterocycles. The van der Waals surface area contributed by atoms with Crippen molar-refractivity contribution in [3.05, 3.63) is 0 Å². The highest BCUT2D eigenvalue weighted by atomic mass is 31.2. The summed E-state index contributed by atoms with van der Waals surface area (Å²) >= 11 is 0. The lowest BCUT2D eigenvalue weighted by atomic mass is 10.1. The molecule has 0 aromatic rings. The van der Waals surface area contributed by atoms with Crippen LogP contribution < -0.4 is 11.1 Å². The summed E-state index contributed by atoms with van der Waals surface area (Å²) in [5.74, 6) is 0. The summed E-state index contributed by atoms with van der Waals surface area (Å²) in [7, 11) is -3.86. The fourth-order valence-electron chi connectivity index (χ4n) is 1.33. The Balaban J connectivity index is 0. The van der Waals surface area contributed by atoms with Crippen LogP contribution in [0.3, 0.4) is 0 Å². The monoisotopic (exact) mass is 256 g/mol. The van der Waals surface area contributed by atoms with Gasteiger partial charge in [0, 0.05) is 0 Å². The summed E-state index contributed by atoms with van der Waals surface area (Å²) in [6.45, 7) is 1.45. The molecule has 100 valence electrons. The molecule has 0 spiro atoms. The van der Waals surface area contributed by atoms with Gasteiger partial charge in [-0.05, 0) is 25.9 Å². The Morgan fingerprint density at radius 2 is 1.50 bits per heavy atom. The first-order valence-electron chi connectivity index (χ1n) is 5.51. The number of hydrogen-bond donors (Lipinski definition) is 4. The van der Waals surface area contributed by atoms with Crippen LogP contribution in [-0.4, -0.2) is 34.6 Å². The minimum absolute atomic E-state index is 0. The second-order valence-electron chi connectivity index (χ2n) is 3.73. The second-order valence-corrected chi connectivity index (χ2v) is 5.38. The van der Waals surface area contributed by atoms with E-state index in [1.807, 2.05) is 0 Å². The summed E-state index contributed by atoms with van der Waals surface area (Å²) in [6.07, 6.45) is 6.54. The molecule has 0 unspecified atom stereocenters. The molecule has 7 heteroatoms. The average Bonchev–Trinajstić information content (AvgIpc) is 2.14. The zero-order valence-electron chi connectivity index (χ0n) is 9.69. The molecular formula is C9H25N2O4P. The average molecular weight is 256 g/mol. The molecule has 7 N–H and O–H groups in total. The van der Waals surface area contributed by atoms with Gasteiger partial charge in [0.15, 0.2) is 0 Å². The van der Waals surface area contributed by atoms with Crippen molar-refractivity contribution in [1.82, 2.24) is 5.32 Å². The van der Waals surface area contributed by atoms with Crippen LogP contribution in [0.15, 0.2) is 0 Å². The smallest absolute Gasteiger partial charge is 0.339 e. The zero-order valence-corrected chi connectivity index (χ0v) is 10.6. The molecule has 0 aliphatic carbocycles. The minimum atomic E-state index is -3.86. The van der Waals surface area contributed by atoms with Crippen molar-refractivity contribution in [3.63, 3.8) is 0 Å². The van der Waals surface area contributed by atoms with Gasteiger partial charge in [0.2, 0.25) is 0 Å². The maximum Gasteiger partial charge on any atom is 0.339 e. The van der Waals surface area contributed by atoms with E-state index in [4.69, 9.17) is 15.5 Å². The SMILES string of the molecule is NCCCCCCCCNCP(=O)(O)O.O. The Bertz CT molecular complexity index is 186. The van der Waals surface area contributed by atoms with Gasteiger partial charge in [-0.15, -0.1) is 0 Å². The molecule has 0 aromatic carbocycles. The number of nitrogens with one attached hydrogen (secondary N) is 1. The topological polar surface area (TPSA) is 127 Å². The minimum Gasteiger partial charge on any atom is -0.412 e. The molecule has 0 fully saturated rings. The van der Waals surface area contributed by atoms with E-state index in [0.29, 0.717) is 6.54 Å². The van der Waals surface area contributed by atoms with Gasteiger partial charge in [0.25, 0.3) is 0 Å². The van der Waals surface area contributed by atoms with E-state index >= 15 is 0 Å². The van der Waals surface area contributed by atoms with Crippen molar-refractivity contribution in [2.45, 2.75) is 38.5 Å². The predicted molar refractivity (Wildman–Crippen MR) is 65.3 cm³/mol. The van der Waals surface area contributed by atoms with Crippen LogP contribution in [0.4, 0.5) is 0 Å². The Labute approximate surface area is 97.1 Å². The van der Waals surface area contributed by atoms with Gasteiger partial charge in [-0.3, -0.25) is 4.57 Å². The van der Waals surface area contributed by atoms with Crippen LogP contribution in [-0.2, 0) is 4.57 Å². The van der Waals surface area contributed by atoms with Crippen LogP contribution in [0.1, 0.15) is 38.5 Å². The Morgan fingerprint density at radius 1 is 1.00 bits per heavy atom. The quantitative estimate of drug-likeness (QED) is 0.327. The van der Waals surface area contributed by atoms with Crippen molar-refractivity contribution in [2.75, 3.05) is 19.4 Å². The van der Waals surface area contributed by atoms with Crippen molar-refractivity contribution in [3.8, 4) is 0 Å². The van der Waals surface area contributed by atoms with Gasteiger partial charge >= 0.3 is 7.60 Å². The molecule has 0 radical (unpaired) electrons. The van der Waals surface area contributed by atoms with Gasteiger partial charge in [0.05, 0.1) is 6.29 Å². The maximum absolute atomic E-state index is 10.5. The molecule has 0 saturated heterocycles. The summed E-state index contributed by atoms with van der Waals surface area (Å²) in [5.41, 5.74) is 5.37. The van der Waals surface area contributed by atoms with E-state index in [9.17, 15) is 4.57 Å². The lowest BCUT2D eigenvalue weighted by Gasteiger charge is -2.05. The van der Waals surface area contributed by atoms with Gasteiger partial charge in [-0.2, -0.15) is 0 Å². The van der Waals surface area contributed by atoms with Crippen LogP contribution in [0.5, 0.6) is 0 Å². The van der Waals surface area contributed by atoms with Crippen LogP contribution in [0, 0.1) is 0 Å². The van der Waals surface area contributed by atoms with Crippen molar-refractivity contribution < 1.29 is 19.8 Å². The third-order valence-electron chi connectivity index (χ3n) is 2.13. The number of nitrogens with two attached hydrogens (primary N) is 1. The molecule has 6 nitrogen and oxygen atoms in total. The van der Waals surface area contributed by atoms with Crippen molar-refractivity contribution >= 4 is 7.60 Å². The van der Waals surface area contributed by atoms with Crippen LogP contribution in [0.25, 0.3) is 0 Å². The summed E-state index contributed by atoms with van der Waals surface area (Å²) in [5, 5.41) is 2.74. The van der Waals surface area contributed by atoms with Gasteiger partial charge in [-0.1, -0.05) is 25.7 Å². The maximum atomic E-state index is 10.5. The third kappa shape index (κ3) is 16.5. The Kier molecular flexibility index (Phi) is 13.2. The fraction of sp³-hybridized carbons (Fsp3) is 1.00. The molecule has 0 atom stereocenters. The molecule has 0 aliphatic rings. The first-order chi connectivity index (χ1) is 7.06. The number of hydrogen-bond acceptors (Lipinski definition) is 3. The lowest BCUT2D eigenvalue weighted by molar-refractivity contribution is 0.367. The van der Waals surface area contributed by atoms with E-state index in [0.717, 1.165) is 25.8 Å². The first-order valence-corrected chi connectivity index (χ1v) is 7.31. The molecule has 0 rings (SSSR count). The summed E-state index contributed by atoms with van der Waals surface area (Å²) in [4.78, 5) is 17.1. The van der Waals surface area contributed by atoms with E-state index in [2.05, 4.69) is 5.32 Å². The standard InChI is InChI=1S/C9H23N2O3P.H2O/c10-7-5-3-1-2-4-6-8-11-9-15(12,13)14;/h11H,1-10H2,(H2,12,13,14);1H2. The van der Waals surface area contributed by atoms with Gasteiger partial charge in [-0.25, -0.2) is 0 Å². The van der Waals surface area contributed by atoms with Gasteiger partial charge in [0.1, 0.15) is 0 Å². The lowest BCUT2D eigenvalue weighted by Crippen LogP contribution is -2.16. The Morgan fingerprint density at radius 3 is 2.00 bits per heavy atom. The highest BCUT2D eigenvalue weighted by Crippen LogP contribution is 2.31. The number of unbranched alkanes of at least 4 members (excludes halogenated alkanes) is 5. The predicted octanol–water partition coefficient (Wildman–Crippen LogP) is 0.186. The molecule has 16 heavy (non-hydrogen) atoms. The normalized spacial score (nSPS) is 11.2. The van der Waals surface area contributed by atoms with E-state index < -0.39 is 7.60 Å². The van der Waals surface area contributed by atoms with E-state index in [-0.39, 0.29) is 11.8 Å². The summed E-state index contributed by atoms with van der Waals surface area (Å²) < 4.78 is 10.5. The largest absolute Gasteiger partial charge is 0.412 e. The molecular weight excluding hydrogens is 231 g/mol. The highest BCUT2D eigenvalue weighted by molar-refractivity contribution is 7.51. The molecule has 0 bridgehead atoms. The molecule has 0 heterocycles. The molecule has 0 amide bonds.